The van der Waals surface area contributed by atoms with Crippen LogP contribution in [0.4, 0.5) is 8.78 Å². The number of rotatable bonds is 5. The van der Waals surface area contributed by atoms with Crippen molar-refractivity contribution < 1.29 is 32.7 Å². The third-order valence-corrected chi connectivity index (χ3v) is 4.65. The smallest absolute Gasteiger partial charge is 0.466 e. The molecule has 8 heteroatoms. The summed E-state index contributed by atoms with van der Waals surface area (Å²) >= 11 is 0. The van der Waals surface area contributed by atoms with Gasteiger partial charge in [0.05, 0.1) is 24.7 Å². The number of carboxylic acids is 1. The van der Waals surface area contributed by atoms with E-state index in [9.17, 15) is 13.6 Å². The van der Waals surface area contributed by atoms with Crippen molar-refractivity contribution in [1.29, 1.82) is 0 Å². The Balaban J connectivity index is 2.46. The molecule has 0 aromatic heterocycles. The molecule has 0 radical (unpaired) electrons. The van der Waals surface area contributed by atoms with Crippen LogP contribution in [0, 0.1) is 11.6 Å². The average Bonchev–Trinajstić information content (AvgIpc) is 2.64. The zero-order chi connectivity index (χ0) is 18.3. The molecule has 1 unspecified atom stereocenters. The van der Waals surface area contributed by atoms with E-state index in [1.165, 1.54) is 7.11 Å². The summed E-state index contributed by atoms with van der Waals surface area (Å²) in [6.07, 6.45) is -0.531. The number of hydrogen-bond donors (Lipinski definition) is 1. The van der Waals surface area contributed by atoms with E-state index in [1.54, 1.807) is 27.7 Å². The number of halogens is 2. The summed E-state index contributed by atoms with van der Waals surface area (Å²) in [6.45, 7) is 7.13. The van der Waals surface area contributed by atoms with Crippen LogP contribution in [0.5, 0.6) is 5.75 Å². The highest BCUT2D eigenvalue weighted by Gasteiger charge is 2.55. The molecule has 0 amide bonds. The fraction of sp³-hybridized carbons (Fsp3) is 0.562. The van der Waals surface area contributed by atoms with Gasteiger partial charge in [0.15, 0.2) is 0 Å². The Labute approximate surface area is 140 Å². The van der Waals surface area contributed by atoms with Crippen LogP contribution in [-0.4, -0.2) is 36.5 Å². The van der Waals surface area contributed by atoms with Gasteiger partial charge in [0.2, 0.25) is 0 Å². The molecule has 0 bridgehead atoms. The molecule has 1 fully saturated rings. The van der Waals surface area contributed by atoms with Crippen molar-refractivity contribution in [2.45, 2.75) is 51.1 Å². The molecule has 5 nitrogen and oxygen atoms in total. The highest BCUT2D eigenvalue weighted by atomic mass is 19.1. The number of ether oxygens (including phenoxy) is 1. The summed E-state index contributed by atoms with van der Waals surface area (Å²) in [5.74, 6) is -4.11. The van der Waals surface area contributed by atoms with Gasteiger partial charge in [0.1, 0.15) is 17.4 Å². The summed E-state index contributed by atoms with van der Waals surface area (Å²) in [6, 6.07) is 2.02. The number of hydrogen-bond acceptors (Lipinski definition) is 4. The summed E-state index contributed by atoms with van der Waals surface area (Å²) in [5.41, 5.74) is -1.86. The number of aliphatic carboxylic acids is 1. The molecule has 1 aromatic rings. The zero-order valence-electron chi connectivity index (χ0n) is 14.4. The van der Waals surface area contributed by atoms with Gasteiger partial charge in [-0.25, -0.2) is 8.78 Å². The monoisotopic (exact) mass is 342 g/mol. The molecular formula is C16H21BF2O5. The van der Waals surface area contributed by atoms with Gasteiger partial charge in [0, 0.05) is 23.5 Å². The highest BCUT2D eigenvalue weighted by Crippen LogP contribution is 2.43. The van der Waals surface area contributed by atoms with Crippen LogP contribution in [0.3, 0.4) is 0 Å². The Morgan fingerprint density at radius 2 is 1.67 bits per heavy atom. The molecule has 1 atom stereocenters. The highest BCUT2D eigenvalue weighted by molar-refractivity contribution is 6.48. The van der Waals surface area contributed by atoms with Crippen LogP contribution in [0.15, 0.2) is 12.1 Å². The lowest BCUT2D eigenvalue weighted by atomic mass is 9.66. The van der Waals surface area contributed by atoms with Gasteiger partial charge in [-0.05, 0) is 27.7 Å². The van der Waals surface area contributed by atoms with E-state index in [0.29, 0.717) is 0 Å². The second-order valence-electron chi connectivity index (χ2n) is 6.83. The maximum Gasteiger partial charge on any atom is 0.466 e. The van der Waals surface area contributed by atoms with Crippen molar-refractivity contribution in [2.75, 3.05) is 7.11 Å². The fourth-order valence-electron chi connectivity index (χ4n) is 2.61. The first-order valence-electron chi connectivity index (χ1n) is 7.59. The Hall–Kier alpha value is -1.67. The molecule has 132 valence electrons. The first-order chi connectivity index (χ1) is 11.0. The standard InChI is InChI=1S/C16H21BF2O5/c1-15(2)16(3,4)24-17(23-15)10(8-13(20)21)14-11(18)6-9(22-5)7-12(14)19/h6-7,10H,8H2,1-5H3,(H,20,21). The normalized spacial score (nSPS) is 20.0. The minimum atomic E-state index is -1.20. The predicted octanol–water partition coefficient (Wildman–Crippen LogP) is 3.16. The molecule has 1 saturated heterocycles. The molecule has 1 aromatic carbocycles. The average molecular weight is 342 g/mol. The minimum Gasteiger partial charge on any atom is -0.497 e. The van der Waals surface area contributed by atoms with E-state index >= 15 is 0 Å². The first-order valence-corrected chi connectivity index (χ1v) is 7.59. The minimum absolute atomic E-state index is 0.0109. The molecule has 2 rings (SSSR count). The topological polar surface area (TPSA) is 65.0 Å². The molecule has 0 spiro atoms. The Bertz CT molecular complexity index is 608. The molecule has 0 saturated carbocycles. The van der Waals surface area contributed by atoms with Crippen molar-refractivity contribution in [3.63, 3.8) is 0 Å². The van der Waals surface area contributed by atoms with Crippen LogP contribution < -0.4 is 4.74 Å². The van der Waals surface area contributed by atoms with E-state index in [0.717, 1.165) is 12.1 Å². The van der Waals surface area contributed by atoms with Gasteiger partial charge in [-0.2, -0.15) is 0 Å². The summed E-state index contributed by atoms with van der Waals surface area (Å²) in [4.78, 5) is 11.2. The van der Waals surface area contributed by atoms with Crippen LogP contribution in [0.2, 0.25) is 0 Å². The number of benzene rings is 1. The van der Waals surface area contributed by atoms with E-state index in [2.05, 4.69) is 0 Å². The van der Waals surface area contributed by atoms with Crippen LogP contribution in [0.25, 0.3) is 0 Å². The first kappa shape index (κ1) is 18.7. The van der Waals surface area contributed by atoms with Gasteiger partial charge in [-0.15, -0.1) is 0 Å². The van der Waals surface area contributed by atoms with E-state index in [-0.39, 0.29) is 11.3 Å². The molecule has 1 N–H and O–H groups in total. The quantitative estimate of drug-likeness (QED) is 0.833. The molecule has 1 aliphatic heterocycles. The maximum absolute atomic E-state index is 14.4. The lowest BCUT2D eigenvalue weighted by Gasteiger charge is -2.32. The number of methoxy groups -OCH3 is 1. The Morgan fingerprint density at radius 3 is 2.04 bits per heavy atom. The Morgan fingerprint density at radius 1 is 1.21 bits per heavy atom. The van der Waals surface area contributed by atoms with Crippen LogP contribution in [-0.2, 0) is 14.1 Å². The molecule has 1 heterocycles. The summed E-state index contributed by atoms with van der Waals surface area (Å²) < 4.78 is 45.2. The zero-order valence-corrected chi connectivity index (χ0v) is 14.4. The van der Waals surface area contributed by atoms with Gasteiger partial charge in [-0.1, -0.05) is 0 Å². The Kier molecular flexibility index (Phi) is 4.92. The second-order valence-corrected chi connectivity index (χ2v) is 6.83. The molecule has 1 aliphatic rings. The van der Waals surface area contributed by atoms with E-state index in [4.69, 9.17) is 19.2 Å². The van der Waals surface area contributed by atoms with Crippen molar-refractivity contribution in [3.8, 4) is 5.75 Å². The molecule has 0 aliphatic carbocycles. The lowest BCUT2D eigenvalue weighted by Crippen LogP contribution is -2.41. The SMILES string of the molecule is COc1cc(F)c(C(CC(=O)O)B2OC(C)(C)C(C)(C)O2)c(F)c1. The largest absolute Gasteiger partial charge is 0.497 e. The predicted molar refractivity (Wildman–Crippen MR) is 84.0 cm³/mol. The van der Waals surface area contributed by atoms with Crippen molar-refractivity contribution in [2.24, 2.45) is 0 Å². The fourth-order valence-corrected chi connectivity index (χ4v) is 2.61. The van der Waals surface area contributed by atoms with Gasteiger partial charge < -0.3 is 19.2 Å². The third-order valence-electron chi connectivity index (χ3n) is 4.65. The number of carboxylic acid groups (broad SMARTS) is 1. The molecular weight excluding hydrogens is 321 g/mol. The lowest BCUT2D eigenvalue weighted by molar-refractivity contribution is -0.137. The second kappa shape index (κ2) is 6.33. The van der Waals surface area contributed by atoms with Crippen LogP contribution in [0.1, 0.15) is 45.5 Å². The van der Waals surface area contributed by atoms with Crippen LogP contribution >= 0.6 is 0 Å². The van der Waals surface area contributed by atoms with Crippen molar-refractivity contribution in [3.05, 3.63) is 29.3 Å². The summed E-state index contributed by atoms with van der Waals surface area (Å²) in [7, 11) is 0.208. The number of carbonyl (C=O) groups is 1. The third kappa shape index (κ3) is 3.39. The molecule has 24 heavy (non-hydrogen) atoms. The van der Waals surface area contributed by atoms with E-state index in [1.807, 2.05) is 0 Å². The maximum atomic E-state index is 14.4. The summed E-state index contributed by atoms with van der Waals surface area (Å²) in [5, 5.41) is 9.17. The van der Waals surface area contributed by atoms with E-state index < -0.39 is 48.2 Å². The van der Waals surface area contributed by atoms with Gasteiger partial charge >= 0.3 is 13.1 Å². The van der Waals surface area contributed by atoms with Gasteiger partial charge in [-0.3, -0.25) is 4.79 Å². The van der Waals surface area contributed by atoms with Crippen molar-refractivity contribution >= 4 is 13.1 Å². The van der Waals surface area contributed by atoms with Gasteiger partial charge in [0.25, 0.3) is 0 Å². The van der Waals surface area contributed by atoms with Crippen molar-refractivity contribution in [1.82, 2.24) is 0 Å².